The smallest absolute Gasteiger partial charge is 0.305 e. The Bertz CT molecular complexity index is 296. The number of hydrogen-bond donors (Lipinski definition) is 1. The zero-order valence-electron chi connectivity index (χ0n) is 12.9. The molecule has 2 rings (SSSR count). The average molecular weight is 282 g/mol. The van der Waals surface area contributed by atoms with E-state index in [1.807, 2.05) is 6.92 Å². The number of nitrogens with zero attached hydrogens (tertiary/aromatic N) is 1. The van der Waals surface area contributed by atoms with Gasteiger partial charge in [-0.2, -0.15) is 0 Å². The molecule has 2 saturated heterocycles. The number of rotatable bonds is 8. The molecular formula is C16H30N2O2. The molecule has 2 atom stereocenters. The van der Waals surface area contributed by atoms with Gasteiger partial charge in [0.25, 0.3) is 0 Å². The largest absolute Gasteiger partial charge is 0.466 e. The van der Waals surface area contributed by atoms with Crippen LogP contribution in [0.2, 0.25) is 0 Å². The third kappa shape index (κ3) is 4.74. The third-order valence-corrected chi connectivity index (χ3v) is 4.63. The van der Waals surface area contributed by atoms with Crippen LogP contribution in [0, 0.1) is 0 Å². The minimum Gasteiger partial charge on any atom is -0.466 e. The van der Waals surface area contributed by atoms with Gasteiger partial charge in [0.15, 0.2) is 0 Å². The summed E-state index contributed by atoms with van der Waals surface area (Å²) >= 11 is 0. The molecule has 0 spiro atoms. The van der Waals surface area contributed by atoms with Crippen molar-refractivity contribution in [2.24, 2.45) is 0 Å². The summed E-state index contributed by atoms with van der Waals surface area (Å²) < 4.78 is 4.93. The summed E-state index contributed by atoms with van der Waals surface area (Å²) in [5.41, 5.74) is 0. The summed E-state index contributed by atoms with van der Waals surface area (Å²) in [6, 6.07) is 1.50. The van der Waals surface area contributed by atoms with Crippen LogP contribution in [-0.2, 0) is 9.53 Å². The van der Waals surface area contributed by atoms with Crippen LogP contribution in [0.15, 0.2) is 0 Å². The number of piperidine rings is 1. The molecule has 0 aromatic carbocycles. The first-order valence-corrected chi connectivity index (χ1v) is 8.44. The van der Waals surface area contributed by atoms with E-state index in [-0.39, 0.29) is 5.97 Å². The highest BCUT2D eigenvalue weighted by molar-refractivity contribution is 5.69. The fraction of sp³-hybridized carbons (Fsp3) is 0.938. The molecular weight excluding hydrogens is 252 g/mol. The number of nitrogens with one attached hydrogen (secondary N) is 1. The second-order valence-electron chi connectivity index (χ2n) is 6.06. The standard InChI is InChI=1S/C16H30N2O2/c1-2-20-16(19)9-4-3-6-11-17-14-10-13-18-12-7-5-8-15(14)18/h14-15,17H,2-13H2,1H3. The topological polar surface area (TPSA) is 41.6 Å². The Kier molecular flexibility index (Phi) is 6.80. The Morgan fingerprint density at radius 3 is 2.95 bits per heavy atom. The number of ether oxygens (including phenoxy) is 1. The van der Waals surface area contributed by atoms with Gasteiger partial charge in [0.2, 0.25) is 0 Å². The van der Waals surface area contributed by atoms with E-state index in [0.717, 1.165) is 25.4 Å². The molecule has 2 aliphatic rings. The molecule has 0 aliphatic carbocycles. The van der Waals surface area contributed by atoms with Gasteiger partial charge in [-0.15, -0.1) is 0 Å². The van der Waals surface area contributed by atoms with Gasteiger partial charge in [-0.25, -0.2) is 0 Å². The third-order valence-electron chi connectivity index (χ3n) is 4.63. The van der Waals surface area contributed by atoms with Crippen LogP contribution in [0.5, 0.6) is 0 Å². The van der Waals surface area contributed by atoms with E-state index in [1.54, 1.807) is 0 Å². The van der Waals surface area contributed by atoms with Crippen molar-refractivity contribution in [2.75, 3.05) is 26.2 Å². The lowest BCUT2D eigenvalue weighted by Gasteiger charge is -2.32. The Hall–Kier alpha value is -0.610. The number of unbranched alkanes of at least 4 members (excludes halogenated alkanes) is 2. The lowest BCUT2D eigenvalue weighted by atomic mass is 9.99. The number of esters is 1. The normalized spacial score (nSPS) is 26.4. The molecule has 0 saturated carbocycles. The van der Waals surface area contributed by atoms with E-state index in [2.05, 4.69) is 10.2 Å². The van der Waals surface area contributed by atoms with Gasteiger partial charge in [0.1, 0.15) is 0 Å². The first kappa shape index (κ1) is 15.8. The molecule has 2 aliphatic heterocycles. The average Bonchev–Trinajstić information content (AvgIpc) is 2.86. The van der Waals surface area contributed by atoms with Crippen LogP contribution >= 0.6 is 0 Å². The number of fused-ring (bicyclic) bond motifs is 1. The van der Waals surface area contributed by atoms with Crippen LogP contribution in [0.1, 0.15) is 58.3 Å². The highest BCUT2D eigenvalue weighted by Crippen LogP contribution is 2.27. The fourth-order valence-corrected chi connectivity index (χ4v) is 3.58. The van der Waals surface area contributed by atoms with E-state index in [4.69, 9.17) is 4.74 Å². The molecule has 0 amide bonds. The van der Waals surface area contributed by atoms with Gasteiger partial charge >= 0.3 is 5.97 Å². The fourth-order valence-electron chi connectivity index (χ4n) is 3.58. The van der Waals surface area contributed by atoms with Crippen LogP contribution in [-0.4, -0.2) is 49.2 Å². The van der Waals surface area contributed by atoms with Crippen molar-refractivity contribution in [2.45, 2.75) is 70.4 Å². The van der Waals surface area contributed by atoms with Gasteiger partial charge in [0.05, 0.1) is 6.61 Å². The molecule has 2 fully saturated rings. The van der Waals surface area contributed by atoms with E-state index in [0.29, 0.717) is 19.1 Å². The predicted octanol–water partition coefficient (Wildman–Crippen LogP) is 2.33. The first-order chi connectivity index (χ1) is 9.81. The van der Waals surface area contributed by atoms with Crippen molar-refractivity contribution in [3.8, 4) is 0 Å². The molecule has 0 radical (unpaired) electrons. The van der Waals surface area contributed by atoms with Crippen molar-refractivity contribution < 1.29 is 9.53 Å². The van der Waals surface area contributed by atoms with Crippen molar-refractivity contribution in [3.05, 3.63) is 0 Å². The molecule has 0 bridgehead atoms. The zero-order chi connectivity index (χ0) is 14.2. The molecule has 4 heteroatoms. The van der Waals surface area contributed by atoms with Gasteiger partial charge in [0, 0.05) is 25.0 Å². The molecule has 0 aromatic heterocycles. The van der Waals surface area contributed by atoms with Gasteiger partial charge in [-0.3, -0.25) is 9.69 Å². The monoisotopic (exact) mass is 282 g/mol. The predicted molar refractivity (Wildman–Crippen MR) is 80.7 cm³/mol. The quantitative estimate of drug-likeness (QED) is 0.548. The zero-order valence-corrected chi connectivity index (χ0v) is 12.9. The highest BCUT2D eigenvalue weighted by atomic mass is 16.5. The summed E-state index contributed by atoms with van der Waals surface area (Å²) in [4.78, 5) is 13.9. The van der Waals surface area contributed by atoms with Crippen molar-refractivity contribution in [3.63, 3.8) is 0 Å². The minimum absolute atomic E-state index is 0.0471. The number of carbonyl (C=O) groups excluding carboxylic acids is 1. The summed E-state index contributed by atoms with van der Waals surface area (Å²) in [6.45, 7) is 6.04. The van der Waals surface area contributed by atoms with Crippen LogP contribution in [0.3, 0.4) is 0 Å². The van der Waals surface area contributed by atoms with Gasteiger partial charge in [-0.1, -0.05) is 12.8 Å². The highest BCUT2D eigenvalue weighted by Gasteiger charge is 2.34. The van der Waals surface area contributed by atoms with Gasteiger partial charge < -0.3 is 10.1 Å². The Balaban J connectivity index is 1.50. The maximum absolute atomic E-state index is 11.2. The molecule has 0 aromatic rings. The van der Waals surface area contributed by atoms with Crippen molar-refractivity contribution >= 4 is 5.97 Å². The van der Waals surface area contributed by atoms with Crippen LogP contribution in [0.25, 0.3) is 0 Å². The second-order valence-corrected chi connectivity index (χ2v) is 6.06. The summed E-state index contributed by atoms with van der Waals surface area (Å²) in [5.74, 6) is -0.0471. The second kappa shape index (κ2) is 8.63. The van der Waals surface area contributed by atoms with E-state index < -0.39 is 0 Å². The number of hydrogen-bond acceptors (Lipinski definition) is 4. The number of carbonyl (C=O) groups is 1. The molecule has 116 valence electrons. The maximum atomic E-state index is 11.2. The summed E-state index contributed by atoms with van der Waals surface area (Å²) in [7, 11) is 0. The van der Waals surface area contributed by atoms with Crippen molar-refractivity contribution in [1.29, 1.82) is 0 Å². The van der Waals surface area contributed by atoms with Crippen molar-refractivity contribution in [1.82, 2.24) is 10.2 Å². The maximum Gasteiger partial charge on any atom is 0.305 e. The SMILES string of the molecule is CCOC(=O)CCCCCNC1CCN2CCCCC12. The molecule has 2 heterocycles. The van der Waals surface area contributed by atoms with Crippen LogP contribution in [0.4, 0.5) is 0 Å². The minimum atomic E-state index is -0.0471. The summed E-state index contributed by atoms with van der Waals surface area (Å²) in [5, 5.41) is 3.74. The summed E-state index contributed by atoms with van der Waals surface area (Å²) in [6.07, 6.45) is 9.30. The first-order valence-electron chi connectivity index (χ1n) is 8.44. The molecule has 1 N–H and O–H groups in total. The Morgan fingerprint density at radius 1 is 1.20 bits per heavy atom. The molecule has 20 heavy (non-hydrogen) atoms. The molecule has 4 nitrogen and oxygen atoms in total. The van der Waals surface area contributed by atoms with E-state index in [9.17, 15) is 4.79 Å². The molecule has 2 unspecified atom stereocenters. The Labute approximate surface area is 123 Å². The van der Waals surface area contributed by atoms with E-state index >= 15 is 0 Å². The lowest BCUT2D eigenvalue weighted by molar-refractivity contribution is -0.143. The van der Waals surface area contributed by atoms with E-state index in [1.165, 1.54) is 45.2 Å². The van der Waals surface area contributed by atoms with Gasteiger partial charge in [-0.05, 0) is 52.1 Å². The Morgan fingerprint density at radius 2 is 2.10 bits per heavy atom. The lowest BCUT2D eigenvalue weighted by Crippen LogP contribution is -2.45. The van der Waals surface area contributed by atoms with Crippen LogP contribution < -0.4 is 5.32 Å².